The van der Waals surface area contributed by atoms with Crippen molar-refractivity contribution in [1.82, 2.24) is 0 Å². The molecule has 0 aliphatic heterocycles. The summed E-state index contributed by atoms with van der Waals surface area (Å²) in [5.74, 6) is 0.0357. The van der Waals surface area contributed by atoms with Gasteiger partial charge in [-0.2, -0.15) is 0 Å². The van der Waals surface area contributed by atoms with Crippen molar-refractivity contribution in [3.05, 3.63) is 46.4 Å². The van der Waals surface area contributed by atoms with Gasteiger partial charge in [0.05, 0.1) is 5.69 Å². The highest BCUT2D eigenvalue weighted by atomic mass is 35.5. The molecular weight excluding hydrogens is 245 g/mol. The normalized spacial score (nSPS) is 10.4. The maximum atomic E-state index is 9.52. The largest absolute Gasteiger partial charge is 0.506 e. The van der Waals surface area contributed by atoms with E-state index in [1.165, 1.54) is 0 Å². The van der Waals surface area contributed by atoms with Gasteiger partial charge in [0, 0.05) is 15.6 Å². The molecule has 2 rings (SSSR count). The third kappa shape index (κ3) is 2.08. The van der Waals surface area contributed by atoms with Crippen molar-refractivity contribution in [2.24, 2.45) is 0 Å². The van der Waals surface area contributed by atoms with Gasteiger partial charge >= 0.3 is 0 Å². The number of phenols is 1. The van der Waals surface area contributed by atoms with Crippen LogP contribution < -0.4 is 5.73 Å². The lowest BCUT2D eigenvalue weighted by molar-refractivity contribution is 0.478. The lowest BCUT2D eigenvalue weighted by Gasteiger charge is -2.07. The number of aromatic hydroxyl groups is 1. The van der Waals surface area contributed by atoms with Crippen molar-refractivity contribution in [1.29, 1.82) is 0 Å². The Labute approximate surface area is 103 Å². The Hall–Kier alpha value is -1.38. The summed E-state index contributed by atoms with van der Waals surface area (Å²) < 4.78 is 0. The Morgan fingerprint density at radius 1 is 1.00 bits per heavy atom. The minimum Gasteiger partial charge on any atom is -0.506 e. The average molecular weight is 254 g/mol. The topological polar surface area (TPSA) is 46.2 Å². The van der Waals surface area contributed by atoms with Crippen LogP contribution in [0.2, 0.25) is 10.0 Å². The lowest BCUT2D eigenvalue weighted by atomic mass is 10.0. The van der Waals surface area contributed by atoms with Crippen LogP contribution in [-0.2, 0) is 0 Å². The second-order valence-electron chi connectivity index (χ2n) is 3.40. The summed E-state index contributed by atoms with van der Waals surface area (Å²) in [5.41, 5.74) is 7.41. The monoisotopic (exact) mass is 253 g/mol. The molecule has 82 valence electrons. The first-order valence-electron chi connectivity index (χ1n) is 4.62. The maximum absolute atomic E-state index is 9.52. The number of hydrogen-bond acceptors (Lipinski definition) is 2. The Morgan fingerprint density at radius 2 is 1.75 bits per heavy atom. The molecule has 0 fully saturated rings. The molecular formula is C12H9Cl2NO. The molecule has 0 spiro atoms. The van der Waals surface area contributed by atoms with E-state index in [1.54, 1.807) is 36.4 Å². The third-order valence-corrected chi connectivity index (χ3v) is 2.83. The molecule has 4 heteroatoms. The quantitative estimate of drug-likeness (QED) is 0.597. The SMILES string of the molecule is Nc1ccc(-c2cc(Cl)ccc2Cl)cc1O. The molecule has 0 saturated carbocycles. The van der Waals surface area contributed by atoms with Gasteiger partial charge in [-0.05, 0) is 35.9 Å². The first-order chi connectivity index (χ1) is 7.58. The van der Waals surface area contributed by atoms with Gasteiger partial charge in [-0.25, -0.2) is 0 Å². The van der Waals surface area contributed by atoms with Crippen LogP contribution in [0.5, 0.6) is 5.75 Å². The van der Waals surface area contributed by atoms with Crippen molar-refractivity contribution < 1.29 is 5.11 Å². The van der Waals surface area contributed by atoms with Gasteiger partial charge in [0.25, 0.3) is 0 Å². The van der Waals surface area contributed by atoms with Crippen LogP contribution in [0, 0.1) is 0 Å². The molecule has 0 unspecified atom stereocenters. The fraction of sp³-hybridized carbons (Fsp3) is 0. The molecule has 0 amide bonds. The summed E-state index contributed by atoms with van der Waals surface area (Å²) in [7, 11) is 0. The Bertz CT molecular complexity index is 541. The fourth-order valence-electron chi connectivity index (χ4n) is 1.43. The summed E-state index contributed by atoms with van der Waals surface area (Å²) in [5, 5.41) is 10.7. The van der Waals surface area contributed by atoms with Crippen LogP contribution in [0.3, 0.4) is 0 Å². The molecule has 0 bridgehead atoms. The molecule has 2 nitrogen and oxygen atoms in total. The van der Waals surface area contributed by atoms with Gasteiger partial charge in [-0.3, -0.25) is 0 Å². The summed E-state index contributed by atoms with van der Waals surface area (Å²) in [6.07, 6.45) is 0. The van der Waals surface area contributed by atoms with Gasteiger partial charge in [0.2, 0.25) is 0 Å². The molecule has 2 aromatic carbocycles. The van der Waals surface area contributed by atoms with E-state index in [4.69, 9.17) is 28.9 Å². The van der Waals surface area contributed by atoms with Crippen molar-refractivity contribution in [3.8, 4) is 16.9 Å². The van der Waals surface area contributed by atoms with E-state index >= 15 is 0 Å². The van der Waals surface area contributed by atoms with E-state index in [9.17, 15) is 5.11 Å². The first kappa shape index (κ1) is 11.1. The zero-order valence-electron chi connectivity index (χ0n) is 8.24. The van der Waals surface area contributed by atoms with Crippen LogP contribution >= 0.6 is 23.2 Å². The zero-order chi connectivity index (χ0) is 11.7. The molecule has 2 aromatic rings. The van der Waals surface area contributed by atoms with Crippen molar-refractivity contribution in [2.45, 2.75) is 0 Å². The molecule has 16 heavy (non-hydrogen) atoms. The molecule has 0 saturated heterocycles. The number of halogens is 2. The van der Waals surface area contributed by atoms with Gasteiger partial charge in [-0.15, -0.1) is 0 Å². The predicted octanol–water partition coefficient (Wildman–Crippen LogP) is 3.95. The summed E-state index contributed by atoms with van der Waals surface area (Å²) in [4.78, 5) is 0. The number of anilines is 1. The highest BCUT2D eigenvalue weighted by Crippen LogP contribution is 2.33. The summed E-state index contributed by atoms with van der Waals surface area (Å²) in [6.45, 7) is 0. The number of nitrogens with two attached hydrogens (primary N) is 1. The highest BCUT2D eigenvalue weighted by molar-refractivity contribution is 6.35. The first-order valence-corrected chi connectivity index (χ1v) is 5.37. The molecule has 0 heterocycles. The minimum atomic E-state index is 0.0357. The standard InChI is InChI=1S/C12H9Cl2NO/c13-8-2-3-10(14)9(6-8)7-1-4-11(15)12(16)5-7/h1-6,16H,15H2. The van der Waals surface area contributed by atoms with Crippen molar-refractivity contribution in [2.75, 3.05) is 5.73 Å². The average Bonchev–Trinajstić information content (AvgIpc) is 2.26. The minimum absolute atomic E-state index is 0.0357. The van der Waals surface area contributed by atoms with Gasteiger partial charge in [0.1, 0.15) is 5.75 Å². The maximum Gasteiger partial charge on any atom is 0.139 e. The van der Waals surface area contributed by atoms with Gasteiger partial charge in [-0.1, -0.05) is 29.3 Å². The number of nitrogen functional groups attached to an aromatic ring is 1. The fourth-order valence-corrected chi connectivity index (χ4v) is 1.83. The van der Waals surface area contributed by atoms with Crippen molar-refractivity contribution in [3.63, 3.8) is 0 Å². The predicted molar refractivity (Wildman–Crippen MR) is 68.0 cm³/mol. The van der Waals surface area contributed by atoms with E-state index in [0.717, 1.165) is 11.1 Å². The van der Waals surface area contributed by atoms with Crippen LogP contribution in [0.15, 0.2) is 36.4 Å². The van der Waals surface area contributed by atoms with Crippen LogP contribution in [0.4, 0.5) is 5.69 Å². The van der Waals surface area contributed by atoms with E-state index in [2.05, 4.69) is 0 Å². The second kappa shape index (κ2) is 4.24. The van der Waals surface area contributed by atoms with Gasteiger partial charge in [0.15, 0.2) is 0 Å². The second-order valence-corrected chi connectivity index (χ2v) is 4.24. The molecule has 0 aromatic heterocycles. The molecule has 0 radical (unpaired) electrons. The van der Waals surface area contributed by atoms with E-state index in [-0.39, 0.29) is 5.75 Å². The molecule has 0 aliphatic rings. The van der Waals surface area contributed by atoms with Crippen LogP contribution in [0.25, 0.3) is 11.1 Å². The third-order valence-electron chi connectivity index (χ3n) is 2.27. The molecule has 0 atom stereocenters. The number of rotatable bonds is 1. The zero-order valence-corrected chi connectivity index (χ0v) is 9.76. The van der Waals surface area contributed by atoms with Crippen molar-refractivity contribution >= 4 is 28.9 Å². The highest BCUT2D eigenvalue weighted by Gasteiger charge is 2.06. The van der Waals surface area contributed by atoms with E-state index in [1.807, 2.05) is 0 Å². The smallest absolute Gasteiger partial charge is 0.139 e. The Kier molecular flexibility index (Phi) is 2.95. The van der Waals surface area contributed by atoms with E-state index < -0.39 is 0 Å². The summed E-state index contributed by atoms with van der Waals surface area (Å²) in [6, 6.07) is 10.1. The van der Waals surface area contributed by atoms with Crippen LogP contribution in [-0.4, -0.2) is 5.11 Å². The molecule has 3 N–H and O–H groups in total. The molecule has 0 aliphatic carbocycles. The Morgan fingerprint density at radius 3 is 2.44 bits per heavy atom. The van der Waals surface area contributed by atoms with E-state index in [0.29, 0.717) is 15.7 Å². The van der Waals surface area contributed by atoms with Gasteiger partial charge < -0.3 is 10.8 Å². The number of phenolic OH excluding ortho intramolecular Hbond substituents is 1. The Balaban J connectivity index is 2.58. The number of hydrogen-bond donors (Lipinski definition) is 2. The van der Waals surface area contributed by atoms with Crippen LogP contribution in [0.1, 0.15) is 0 Å². The lowest BCUT2D eigenvalue weighted by Crippen LogP contribution is -1.86. The summed E-state index contributed by atoms with van der Waals surface area (Å²) >= 11 is 11.9. The number of benzene rings is 2.